The van der Waals surface area contributed by atoms with Crippen LogP contribution < -0.4 is 18.5 Å². The second kappa shape index (κ2) is 11.8. The number of piperidine rings is 1. The summed E-state index contributed by atoms with van der Waals surface area (Å²) in [5.74, 6) is -0.349. The van der Waals surface area contributed by atoms with E-state index in [0.29, 0.717) is 36.4 Å². The van der Waals surface area contributed by atoms with E-state index in [9.17, 15) is 18.5 Å². The summed E-state index contributed by atoms with van der Waals surface area (Å²) >= 11 is 0. The van der Waals surface area contributed by atoms with E-state index in [1.807, 2.05) is 0 Å². The van der Waals surface area contributed by atoms with Crippen LogP contribution in [0, 0.1) is 11.3 Å². The molecule has 0 radical (unpaired) electrons. The summed E-state index contributed by atoms with van der Waals surface area (Å²) in [6.07, 6.45) is 1.86. The number of amides is 2. The van der Waals surface area contributed by atoms with Gasteiger partial charge in [-0.25, -0.2) is 12.7 Å². The molecule has 1 unspecified atom stereocenters. The maximum absolute atomic E-state index is 15.3. The van der Waals surface area contributed by atoms with Crippen LogP contribution in [-0.2, 0) is 25.2 Å². The van der Waals surface area contributed by atoms with Crippen LogP contribution in [0.3, 0.4) is 0 Å². The topological polar surface area (TPSA) is 129 Å². The number of carbonyl (C=O) groups excluding carboxylic acids is 2. The van der Waals surface area contributed by atoms with Crippen molar-refractivity contribution in [2.45, 2.75) is 35.7 Å². The Balaban J connectivity index is 1.88. The highest BCUT2D eigenvalue weighted by molar-refractivity contribution is 7.93. The van der Waals surface area contributed by atoms with Crippen molar-refractivity contribution >= 4 is 27.5 Å². The highest BCUT2D eigenvalue weighted by atomic mass is 32.2. The molecule has 44 heavy (non-hydrogen) atoms. The molecule has 5 rings (SSSR count). The molecule has 0 N–H and O–H groups in total. The number of methoxy groups -OCH3 is 3. The van der Waals surface area contributed by atoms with Gasteiger partial charge in [0.2, 0.25) is 5.91 Å². The fourth-order valence-corrected chi connectivity index (χ4v) is 7.89. The van der Waals surface area contributed by atoms with Crippen LogP contribution in [0.1, 0.15) is 36.0 Å². The lowest BCUT2D eigenvalue weighted by Gasteiger charge is -2.47. The van der Waals surface area contributed by atoms with Gasteiger partial charge in [0.25, 0.3) is 15.9 Å². The van der Waals surface area contributed by atoms with E-state index in [1.165, 1.54) is 62.6 Å². The number of likely N-dealkylation sites (tertiary alicyclic amines) is 1. The Morgan fingerprint density at radius 3 is 2.34 bits per heavy atom. The summed E-state index contributed by atoms with van der Waals surface area (Å²) in [5.41, 5.74) is -0.913. The van der Waals surface area contributed by atoms with Crippen LogP contribution in [0.5, 0.6) is 17.2 Å². The largest absolute Gasteiger partial charge is 0.497 e. The average Bonchev–Trinajstić information content (AvgIpc) is 3.31. The zero-order chi connectivity index (χ0) is 31.8. The molecule has 0 aromatic heterocycles. The summed E-state index contributed by atoms with van der Waals surface area (Å²) < 4.78 is 46.5. The number of benzene rings is 3. The molecule has 2 aliphatic rings. The van der Waals surface area contributed by atoms with Gasteiger partial charge in [0.05, 0.1) is 44.7 Å². The van der Waals surface area contributed by atoms with Gasteiger partial charge in [-0.1, -0.05) is 24.6 Å². The molecule has 2 heterocycles. The van der Waals surface area contributed by atoms with E-state index in [0.717, 1.165) is 10.7 Å². The van der Waals surface area contributed by atoms with E-state index in [4.69, 9.17) is 14.2 Å². The number of hydrogen-bond donors (Lipinski definition) is 0. The molecule has 0 aliphatic carbocycles. The van der Waals surface area contributed by atoms with Gasteiger partial charge in [0.15, 0.2) is 5.54 Å². The van der Waals surface area contributed by atoms with Gasteiger partial charge < -0.3 is 19.1 Å². The molecule has 1 fully saturated rings. The van der Waals surface area contributed by atoms with Crippen molar-refractivity contribution in [3.63, 3.8) is 0 Å². The maximum atomic E-state index is 15.3. The minimum Gasteiger partial charge on any atom is -0.497 e. The summed E-state index contributed by atoms with van der Waals surface area (Å²) in [6.45, 7) is 0.310. The summed E-state index contributed by atoms with van der Waals surface area (Å²) in [4.78, 5) is 32.0. The van der Waals surface area contributed by atoms with Gasteiger partial charge >= 0.3 is 0 Å². The van der Waals surface area contributed by atoms with E-state index < -0.39 is 27.5 Å². The molecule has 12 heteroatoms. The number of nitrogens with zero attached hydrogens (tertiary/aromatic N) is 4. The van der Waals surface area contributed by atoms with Crippen LogP contribution in [0.2, 0.25) is 0 Å². The number of likely N-dealkylation sites (N-methyl/N-ethyl adjacent to an activating group) is 1. The van der Waals surface area contributed by atoms with E-state index in [1.54, 1.807) is 43.3 Å². The molecule has 1 saturated heterocycles. The van der Waals surface area contributed by atoms with Gasteiger partial charge in [0.1, 0.15) is 22.1 Å². The Kier molecular flexibility index (Phi) is 8.29. The summed E-state index contributed by atoms with van der Waals surface area (Å²) in [7, 11) is 2.92. The molecule has 0 saturated carbocycles. The van der Waals surface area contributed by atoms with Gasteiger partial charge in [-0.15, -0.1) is 0 Å². The average molecular weight is 619 g/mol. The van der Waals surface area contributed by atoms with Crippen molar-refractivity contribution in [3.05, 3.63) is 77.4 Å². The van der Waals surface area contributed by atoms with Gasteiger partial charge in [-0.2, -0.15) is 5.26 Å². The second-order valence-corrected chi connectivity index (χ2v) is 12.5. The lowest BCUT2D eigenvalue weighted by Crippen LogP contribution is -2.62. The van der Waals surface area contributed by atoms with E-state index in [-0.39, 0.29) is 33.4 Å². The number of ether oxygens (including phenoxy) is 3. The van der Waals surface area contributed by atoms with Crippen LogP contribution >= 0.6 is 0 Å². The van der Waals surface area contributed by atoms with E-state index in [2.05, 4.69) is 6.07 Å². The van der Waals surface area contributed by atoms with Crippen molar-refractivity contribution < 1.29 is 32.2 Å². The third-order valence-electron chi connectivity index (χ3n) is 8.27. The maximum Gasteiger partial charge on any atom is 0.274 e. The first-order valence-corrected chi connectivity index (χ1v) is 15.5. The lowest BCUT2D eigenvalue weighted by molar-refractivity contribution is -0.142. The van der Waals surface area contributed by atoms with Crippen molar-refractivity contribution in [2.75, 3.05) is 46.3 Å². The Hall–Kier alpha value is -4.60. The van der Waals surface area contributed by atoms with Crippen LogP contribution in [0.15, 0.2) is 65.6 Å². The van der Waals surface area contributed by atoms with Crippen molar-refractivity contribution in [2.24, 2.45) is 0 Å². The third kappa shape index (κ3) is 4.63. The Morgan fingerprint density at radius 2 is 1.68 bits per heavy atom. The second-order valence-electron chi connectivity index (χ2n) is 10.8. The molecule has 11 nitrogen and oxygen atoms in total. The number of sulfonamides is 1. The van der Waals surface area contributed by atoms with Crippen molar-refractivity contribution in [3.8, 4) is 23.3 Å². The van der Waals surface area contributed by atoms with Gasteiger partial charge in [0, 0.05) is 37.8 Å². The highest BCUT2D eigenvalue weighted by Gasteiger charge is 2.62. The number of hydrogen-bond acceptors (Lipinski definition) is 9. The predicted octanol–water partition coefficient (Wildman–Crippen LogP) is 3.51. The van der Waals surface area contributed by atoms with Gasteiger partial charge in [-0.05, 0) is 49.2 Å². The minimum atomic E-state index is -4.62. The Labute approximate surface area is 257 Å². The summed E-state index contributed by atoms with van der Waals surface area (Å²) in [5, 5.41) is 9.93. The van der Waals surface area contributed by atoms with E-state index >= 15 is 4.79 Å². The Bertz CT molecular complexity index is 1770. The standard InChI is InChI=1S/C32H34N4O7S/c1-34(2)30(37)26-11-8-9-17-35(26)32(23-10-6-7-12-27(23)42-4)24-18-21(20-33)13-15-25(24)36(31(32)38)44(39,40)29-16-14-22(41-3)19-28(29)43-5/h6-7,10,12-16,18-19,26H,8-9,11,17H2,1-5H3/t26?,32-/m1/s1. The molecule has 2 amide bonds. The molecule has 230 valence electrons. The number of para-hydroxylation sites is 1. The first-order chi connectivity index (χ1) is 21.1. The predicted molar refractivity (Wildman–Crippen MR) is 162 cm³/mol. The Morgan fingerprint density at radius 1 is 0.955 bits per heavy atom. The molecule has 2 atom stereocenters. The molecular formula is C32H34N4O7S. The smallest absolute Gasteiger partial charge is 0.274 e. The lowest BCUT2D eigenvalue weighted by atomic mass is 9.78. The zero-order valence-electron chi connectivity index (χ0n) is 25.2. The molecule has 0 spiro atoms. The number of anilines is 1. The number of nitriles is 1. The molecular weight excluding hydrogens is 584 g/mol. The zero-order valence-corrected chi connectivity index (χ0v) is 26.1. The van der Waals surface area contributed by atoms with Crippen molar-refractivity contribution in [1.82, 2.24) is 9.80 Å². The monoisotopic (exact) mass is 618 g/mol. The van der Waals surface area contributed by atoms with Gasteiger partial charge in [-0.3, -0.25) is 14.5 Å². The SMILES string of the molecule is COc1ccc(S(=O)(=O)N2C(=O)[C@](c3ccccc3OC)(N3CCCCC3C(=O)N(C)C)c3cc(C#N)ccc32)c(OC)c1. The minimum absolute atomic E-state index is 0.0132. The van der Waals surface area contributed by atoms with Crippen LogP contribution in [-0.4, -0.2) is 78.0 Å². The first kappa shape index (κ1) is 30.8. The van der Waals surface area contributed by atoms with Crippen molar-refractivity contribution in [1.29, 1.82) is 5.26 Å². The molecule has 2 aliphatic heterocycles. The molecule has 0 bridgehead atoms. The molecule has 3 aromatic rings. The number of carbonyl (C=O) groups is 2. The highest BCUT2D eigenvalue weighted by Crippen LogP contribution is 2.54. The molecule has 3 aromatic carbocycles. The first-order valence-electron chi connectivity index (χ1n) is 14.1. The normalized spacial score (nSPS) is 20.0. The quantitative estimate of drug-likeness (QED) is 0.372. The summed E-state index contributed by atoms with van der Waals surface area (Å²) in [6, 6.07) is 16.9. The number of fused-ring (bicyclic) bond motifs is 1. The fraction of sp³-hybridized carbons (Fsp3) is 0.344. The van der Waals surface area contributed by atoms with Crippen LogP contribution in [0.4, 0.5) is 5.69 Å². The fourth-order valence-electron chi connectivity index (χ4n) is 6.29. The van der Waals surface area contributed by atoms with Crippen LogP contribution in [0.25, 0.3) is 0 Å². The number of rotatable bonds is 8. The third-order valence-corrected chi connectivity index (χ3v) is 10.0.